The van der Waals surface area contributed by atoms with E-state index in [9.17, 15) is 4.79 Å². The molecule has 1 heterocycles. The van der Waals surface area contributed by atoms with Crippen LogP contribution in [0.15, 0.2) is 47.1 Å². The van der Waals surface area contributed by atoms with Crippen LogP contribution in [0, 0.1) is 0 Å². The first-order valence-corrected chi connectivity index (χ1v) is 6.90. The average molecular weight is 297 g/mol. The van der Waals surface area contributed by atoms with E-state index in [-0.39, 0.29) is 5.91 Å². The van der Waals surface area contributed by atoms with E-state index < -0.39 is 0 Å². The van der Waals surface area contributed by atoms with Gasteiger partial charge in [-0.1, -0.05) is 18.2 Å². The van der Waals surface area contributed by atoms with Gasteiger partial charge in [0.2, 0.25) is 5.91 Å². The van der Waals surface area contributed by atoms with Crippen molar-refractivity contribution < 1.29 is 14.2 Å². The predicted molar refractivity (Wildman–Crippen MR) is 81.7 cm³/mol. The van der Waals surface area contributed by atoms with Crippen molar-refractivity contribution in [2.75, 3.05) is 12.4 Å². The van der Waals surface area contributed by atoms with Crippen LogP contribution in [0.2, 0.25) is 0 Å². The van der Waals surface area contributed by atoms with Gasteiger partial charge >= 0.3 is 0 Å². The molecule has 1 amide bonds. The molecule has 0 spiro atoms. The van der Waals surface area contributed by atoms with E-state index in [1.165, 1.54) is 0 Å². The summed E-state index contributed by atoms with van der Waals surface area (Å²) >= 11 is 0. The summed E-state index contributed by atoms with van der Waals surface area (Å²) in [5.41, 5.74) is 2.86. The molecule has 0 aliphatic heterocycles. The smallest absolute Gasteiger partial charge is 0.224 e. The molecule has 112 valence electrons. The Morgan fingerprint density at radius 1 is 1.18 bits per heavy atom. The molecule has 0 atom stereocenters. The zero-order valence-electron chi connectivity index (χ0n) is 12.1. The maximum atomic E-state index is 12.1. The molecule has 1 aromatic heterocycles. The Morgan fingerprint density at radius 3 is 2.77 bits per heavy atom. The SMILES string of the molecule is COc1ccc(CCC(=O)Nc2cccc3nonc23)cc1. The number of methoxy groups -OCH3 is 1. The standard InChI is InChI=1S/C16H15N3O3/c1-21-12-8-5-11(6-9-12)7-10-15(20)17-13-3-2-4-14-16(13)19-22-18-14/h2-6,8-9H,7,10H2,1H3,(H,17,20). The van der Waals surface area contributed by atoms with Gasteiger partial charge in [0.25, 0.3) is 0 Å². The number of carbonyl (C=O) groups is 1. The summed E-state index contributed by atoms with van der Waals surface area (Å²) in [5, 5.41) is 10.4. The Morgan fingerprint density at radius 2 is 2.00 bits per heavy atom. The van der Waals surface area contributed by atoms with Gasteiger partial charge in [0, 0.05) is 6.42 Å². The molecule has 3 aromatic rings. The summed E-state index contributed by atoms with van der Waals surface area (Å²) in [7, 11) is 1.63. The van der Waals surface area contributed by atoms with Crippen LogP contribution in [0.3, 0.4) is 0 Å². The number of hydrogen-bond donors (Lipinski definition) is 1. The van der Waals surface area contributed by atoms with Crippen LogP contribution in [-0.4, -0.2) is 23.3 Å². The van der Waals surface area contributed by atoms with Crippen LogP contribution in [0.1, 0.15) is 12.0 Å². The first-order chi connectivity index (χ1) is 10.8. The van der Waals surface area contributed by atoms with Gasteiger partial charge in [-0.15, -0.1) is 0 Å². The summed E-state index contributed by atoms with van der Waals surface area (Å²) in [4.78, 5) is 12.1. The van der Waals surface area contributed by atoms with Gasteiger partial charge in [0.1, 0.15) is 11.3 Å². The number of amides is 1. The first kappa shape index (κ1) is 14.1. The molecular formula is C16H15N3O3. The zero-order valence-corrected chi connectivity index (χ0v) is 12.1. The summed E-state index contributed by atoms with van der Waals surface area (Å²) in [6.07, 6.45) is 1.04. The minimum absolute atomic E-state index is 0.0775. The van der Waals surface area contributed by atoms with Crippen molar-refractivity contribution in [3.8, 4) is 5.75 Å². The van der Waals surface area contributed by atoms with Crippen molar-refractivity contribution in [2.45, 2.75) is 12.8 Å². The zero-order chi connectivity index (χ0) is 15.4. The van der Waals surface area contributed by atoms with Crippen LogP contribution >= 0.6 is 0 Å². The predicted octanol–water partition coefficient (Wildman–Crippen LogP) is 2.80. The highest BCUT2D eigenvalue weighted by molar-refractivity contribution is 5.98. The fourth-order valence-corrected chi connectivity index (χ4v) is 2.17. The van der Waals surface area contributed by atoms with Gasteiger partial charge in [-0.2, -0.15) is 0 Å². The number of anilines is 1. The van der Waals surface area contributed by atoms with Gasteiger partial charge in [-0.05, 0) is 46.6 Å². The van der Waals surface area contributed by atoms with E-state index in [1.54, 1.807) is 25.3 Å². The second-order valence-corrected chi connectivity index (χ2v) is 4.83. The van der Waals surface area contributed by atoms with E-state index in [0.29, 0.717) is 29.6 Å². The number of rotatable bonds is 5. The van der Waals surface area contributed by atoms with Crippen molar-refractivity contribution in [2.24, 2.45) is 0 Å². The number of benzene rings is 2. The largest absolute Gasteiger partial charge is 0.497 e. The van der Waals surface area contributed by atoms with Gasteiger partial charge in [0.05, 0.1) is 12.8 Å². The van der Waals surface area contributed by atoms with E-state index >= 15 is 0 Å². The molecule has 0 fully saturated rings. The van der Waals surface area contributed by atoms with E-state index in [1.807, 2.05) is 24.3 Å². The normalized spacial score (nSPS) is 10.6. The van der Waals surface area contributed by atoms with Crippen molar-refractivity contribution in [1.82, 2.24) is 10.3 Å². The lowest BCUT2D eigenvalue weighted by Gasteiger charge is -2.06. The number of fused-ring (bicyclic) bond motifs is 1. The molecule has 0 saturated heterocycles. The van der Waals surface area contributed by atoms with Crippen LogP contribution in [-0.2, 0) is 11.2 Å². The molecule has 6 heteroatoms. The summed E-state index contributed by atoms with van der Waals surface area (Å²) in [5.74, 6) is 0.727. The number of nitrogens with zero attached hydrogens (tertiary/aromatic N) is 2. The van der Waals surface area contributed by atoms with E-state index in [2.05, 4.69) is 20.3 Å². The third kappa shape index (κ3) is 3.06. The fraction of sp³-hybridized carbons (Fsp3) is 0.188. The Balaban J connectivity index is 1.61. The second kappa shape index (κ2) is 6.26. The Kier molecular flexibility index (Phi) is 4.00. The summed E-state index contributed by atoms with van der Waals surface area (Å²) in [6, 6.07) is 13.0. The quantitative estimate of drug-likeness (QED) is 0.783. The first-order valence-electron chi connectivity index (χ1n) is 6.90. The molecule has 6 nitrogen and oxygen atoms in total. The highest BCUT2D eigenvalue weighted by Crippen LogP contribution is 2.20. The second-order valence-electron chi connectivity index (χ2n) is 4.83. The van der Waals surface area contributed by atoms with Crippen LogP contribution in [0.4, 0.5) is 5.69 Å². The third-order valence-electron chi connectivity index (χ3n) is 3.36. The molecule has 22 heavy (non-hydrogen) atoms. The van der Waals surface area contributed by atoms with Crippen molar-refractivity contribution in [1.29, 1.82) is 0 Å². The minimum atomic E-state index is -0.0775. The Labute approximate surface area is 127 Å². The van der Waals surface area contributed by atoms with Crippen LogP contribution in [0.5, 0.6) is 5.75 Å². The van der Waals surface area contributed by atoms with Crippen LogP contribution < -0.4 is 10.1 Å². The maximum Gasteiger partial charge on any atom is 0.224 e. The van der Waals surface area contributed by atoms with Crippen LogP contribution in [0.25, 0.3) is 11.0 Å². The van der Waals surface area contributed by atoms with E-state index in [0.717, 1.165) is 11.3 Å². The highest BCUT2D eigenvalue weighted by Gasteiger charge is 2.09. The average Bonchev–Trinajstić information content (AvgIpc) is 3.03. The number of aromatic nitrogens is 2. The number of carbonyl (C=O) groups excluding carboxylic acids is 1. The molecule has 0 saturated carbocycles. The van der Waals surface area contributed by atoms with Crippen molar-refractivity contribution >= 4 is 22.6 Å². The molecule has 0 bridgehead atoms. The molecule has 3 rings (SSSR count). The highest BCUT2D eigenvalue weighted by atomic mass is 16.6. The Hall–Kier alpha value is -2.89. The van der Waals surface area contributed by atoms with Gasteiger partial charge in [0.15, 0.2) is 5.52 Å². The number of ether oxygens (including phenoxy) is 1. The third-order valence-corrected chi connectivity index (χ3v) is 3.36. The minimum Gasteiger partial charge on any atom is -0.497 e. The number of aryl methyl sites for hydroxylation is 1. The maximum absolute atomic E-state index is 12.1. The number of hydrogen-bond acceptors (Lipinski definition) is 5. The lowest BCUT2D eigenvalue weighted by Crippen LogP contribution is -2.12. The molecule has 0 aliphatic carbocycles. The molecule has 0 aliphatic rings. The van der Waals surface area contributed by atoms with Crippen molar-refractivity contribution in [3.63, 3.8) is 0 Å². The lowest BCUT2D eigenvalue weighted by molar-refractivity contribution is -0.116. The van der Waals surface area contributed by atoms with Gasteiger partial charge in [-0.3, -0.25) is 4.79 Å². The number of nitrogens with one attached hydrogen (secondary N) is 1. The van der Waals surface area contributed by atoms with E-state index in [4.69, 9.17) is 4.74 Å². The van der Waals surface area contributed by atoms with Crippen molar-refractivity contribution in [3.05, 3.63) is 48.0 Å². The summed E-state index contributed by atoms with van der Waals surface area (Å²) in [6.45, 7) is 0. The molecular weight excluding hydrogens is 282 g/mol. The van der Waals surface area contributed by atoms with Gasteiger partial charge < -0.3 is 10.1 Å². The summed E-state index contributed by atoms with van der Waals surface area (Å²) < 4.78 is 9.78. The lowest BCUT2D eigenvalue weighted by atomic mass is 10.1. The molecule has 0 unspecified atom stereocenters. The fourth-order valence-electron chi connectivity index (χ4n) is 2.17. The molecule has 1 N–H and O–H groups in total. The molecule has 0 radical (unpaired) electrons. The van der Waals surface area contributed by atoms with Gasteiger partial charge in [-0.25, -0.2) is 4.63 Å². The monoisotopic (exact) mass is 297 g/mol. The topological polar surface area (TPSA) is 77.2 Å². The Bertz CT molecular complexity index is 781. The molecule has 2 aromatic carbocycles.